The predicted molar refractivity (Wildman–Crippen MR) is 97.0 cm³/mol. The van der Waals surface area contributed by atoms with Crippen LogP contribution in [0.2, 0.25) is 10.0 Å². The molecule has 3 rings (SSSR count). The van der Waals surface area contributed by atoms with Crippen LogP contribution >= 0.6 is 23.2 Å². The molecule has 0 fully saturated rings. The lowest BCUT2D eigenvalue weighted by atomic mass is 10.0. The number of carbonyl (C=O) groups excluding carboxylic acids is 1. The van der Waals surface area contributed by atoms with Gasteiger partial charge in [0.1, 0.15) is 0 Å². The van der Waals surface area contributed by atoms with Crippen molar-refractivity contribution in [2.24, 2.45) is 7.05 Å². The summed E-state index contributed by atoms with van der Waals surface area (Å²) in [7, 11) is 1.80. The predicted octanol–water partition coefficient (Wildman–Crippen LogP) is 5.20. The maximum atomic E-state index is 13.0. The SMILES string of the molecule is Cc1ccc(Cl)c(C(=O)c2cc3c(C)cc(C#N)cc3n2C)c1Cl. The minimum absolute atomic E-state index is 0.231. The van der Waals surface area contributed by atoms with E-state index in [4.69, 9.17) is 28.5 Å². The van der Waals surface area contributed by atoms with Gasteiger partial charge in [0.25, 0.3) is 0 Å². The number of rotatable bonds is 2. The van der Waals surface area contributed by atoms with Crippen molar-refractivity contribution in [3.63, 3.8) is 0 Å². The summed E-state index contributed by atoms with van der Waals surface area (Å²) < 4.78 is 1.78. The van der Waals surface area contributed by atoms with Crippen LogP contribution in [0.15, 0.2) is 30.3 Å². The molecular weight excluding hydrogens is 343 g/mol. The maximum Gasteiger partial charge on any atom is 0.212 e. The number of ketones is 1. The number of aromatic nitrogens is 1. The van der Waals surface area contributed by atoms with Gasteiger partial charge in [0, 0.05) is 18.0 Å². The van der Waals surface area contributed by atoms with E-state index in [-0.39, 0.29) is 5.78 Å². The Balaban J connectivity index is 2.26. The number of nitrogens with zero attached hydrogens (tertiary/aromatic N) is 2. The van der Waals surface area contributed by atoms with Crippen molar-refractivity contribution in [2.45, 2.75) is 13.8 Å². The van der Waals surface area contributed by atoms with Gasteiger partial charge >= 0.3 is 0 Å². The highest BCUT2D eigenvalue weighted by atomic mass is 35.5. The number of halogens is 2. The first-order valence-electron chi connectivity index (χ1n) is 7.34. The van der Waals surface area contributed by atoms with Gasteiger partial charge < -0.3 is 4.57 Å². The van der Waals surface area contributed by atoms with E-state index in [1.54, 1.807) is 29.8 Å². The van der Waals surface area contributed by atoms with Crippen LogP contribution in [0.5, 0.6) is 0 Å². The van der Waals surface area contributed by atoms with Crippen molar-refractivity contribution >= 4 is 39.9 Å². The summed E-state index contributed by atoms with van der Waals surface area (Å²) in [4.78, 5) is 13.0. The van der Waals surface area contributed by atoms with Crippen molar-refractivity contribution in [1.29, 1.82) is 5.26 Å². The molecule has 3 nitrogen and oxygen atoms in total. The molecule has 120 valence electrons. The smallest absolute Gasteiger partial charge is 0.212 e. The van der Waals surface area contributed by atoms with Crippen LogP contribution in [-0.4, -0.2) is 10.4 Å². The highest BCUT2D eigenvalue weighted by Gasteiger charge is 2.22. The lowest BCUT2D eigenvalue weighted by Crippen LogP contribution is -2.09. The molecule has 0 spiro atoms. The Morgan fingerprint density at radius 3 is 2.50 bits per heavy atom. The molecule has 0 unspecified atom stereocenters. The Kier molecular flexibility index (Phi) is 4.13. The third kappa shape index (κ3) is 2.49. The second kappa shape index (κ2) is 5.98. The molecule has 3 aromatic rings. The van der Waals surface area contributed by atoms with Crippen molar-refractivity contribution in [2.75, 3.05) is 0 Å². The minimum atomic E-state index is -0.231. The van der Waals surface area contributed by atoms with Gasteiger partial charge in [-0.15, -0.1) is 0 Å². The third-order valence-electron chi connectivity index (χ3n) is 4.24. The van der Waals surface area contributed by atoms with E-state index in [0.717, 1.165) is 22.0 Å². The maximum absolute atomic E-state index is 13.0. The number of benzene rings is 2. The summed E-state index contributed by atoms with van der Waals surface area (Å²) in [6, 6.07) is 11.0. The average Bonchev–Trinajstić information content (AvgIpc) is 2.89. The highest BCUT2D eigenvalue weighted by molar-refractivity contribution is 6.41. The number of carbonyl (C=O) groups is 1. The first-order chi connectivity index (χ1) is 11.3. The summed E-state index contributed by atoms with van der Waals surface area (Å²) in [6.07, 6.45) is 0. The molecule has 0 aliphatic carbocycles. The first kappa shape index (κ1) is 16.6. The molecule has 5 heteroatoms. The van der Waals surface area contributed by atoms with Crippen molar-refractivity contribution in [1.82, 2.24) is 4.57 Å². The van der Waals surface area contributed by atoms with Crippen LogP contribution in [0.3, 0.4) is 0 Å². The second-order valence-electron chi connectivity index (χ2n) is 5.81. The summed E-state index contributed by atoms with van der Waals surface area (Å²) >= 11 is 12.5. The van der Waals surface area contributed by atoms with Crippen LogP contribution in [0.4, 0.5) is 0 Å². The zero-order chi connectivity index (χ0) is 17.6. The fourth-order valence-electron chi connectivity index (χ4n) is 2.88. The average molecular weight is 357 g/mol. The van der Waals surface area contributed by atoms with E-state index in [1.165, 1.54) is 0 Å². The molecule has 1 aromatic heterocycles. The zero-order valence-electron chi connectivity index (χ0n) is 13.4. The Hall–Kier alpha value is -2.28. The fraction of sp³-hybridized carbons (Fsp3) is 0.158. The van der Waals surface area contributed by atoms with E-state index in [9.17, 15) is 4.79 Å². The van der Waals surface area contributed by atoms with E-state index in [2.05, 4.69) is 6.07 Å². The van der Waals surface area contributed by atoms with Gasteiger partial charge in [0.05, 0.1) is 32.9 Å². The Labute approximate surface area is 150 Å². The molecule has 0 saturated heterocycles. The molecule has 0 aliphatic heterocycles. The van der Waals surface area contributed by atoms with Crippen LogP contribution in [0.25, 0.3) is 10.9 Å². The Morgan fingerprint density at radius 1 is 1.12 bits per heavy atom. The molecule has 0 amide bonds. The largest absolute Gasteiger partial charge is 0.341 e. The quantitative estimate of drug-likeness (QED) is 0.592. The lowest BCUT2D eigenvalue weighted by molar-refractivity contribution is 0.103. The van der Waals surface area contributed by atoms with Gasteiger partial charge in [-0.3, -0.25) is 4.79 Å². The van der Waals surface area contributed by atoms with E-state index >= 15 is 0 Å². The topological polar surface area (TPSA) is 45.8 Å². The second-order valence-corrected chi connectivity index (χ2v) is 6.59. The van der Waals surface area contributed by atoms with E-state index in [0.29, 0.717) is 26.9 Å². The molecule has 0 saturated carbocycles. The lowest BCUT2D eigenvalue weighted by Gasteiger charge is -2.09. The van der Waals surface area contributed by atoms with Crippen LogP contribution in [0.1, 0.15) is 32.7 Å². The standard InChI is InChI=1S/C19H14Cl2N2O/c1-10-4-5-14(20)17(18(10)21)19(24)16-8-13-11(2)6-12(9-22)7-15(13)23(16)3/h4-8H,1-3H3. The van der Waals surface area contributed by atoms with Crippen molar-refractivity contribution < 1.29 is 4.79 Å². The number of hydrogen-bond donors (Lipinski definition) is 0. The molecule has 2 aromatic carbocycles. The molecule has 1 heterocycles. The zero-order valence-corrected chi connectivity index (χ0v) is 15.0. The number of fused-ring (bicyclic) bond motifs is 1. The van der Waals surface area contributed by atoms with Crippen molar-refractivity contribution in [3.05, 3.63) is 68.3 Å². The van der Waals surface area contributed by atoms with E-state index < -0.39 is 0 Å². The molecule has 24 heavy (non-hydrogen) atoms. The molecular formula is C19H14Cl2N2O. The highest BCUT2D eigenvalue weighted by Crippen LogP contribution is 2.32. The number of aryl methyl sites for hydroxylation is 3. The third-order valence-corrected chi connectivity index (χ3v) is 5.04. The first-order valence-corrected chi connectivity index (χ1v) is 8.10. The minimum Gasteiger partial charge on any atom is -0.341 e. The van der Waals surface area contributed by atoms with Crippen LogP contribution in [0, 0.1) is 25.2 Å². The van der Waals surface area contributed by atoms with Gasteiger partial charge in [-0.05, 0) is 49.2 Å². The molecule has 0 aliphatic rings. The summed E-state index contributed by atoms with van der Waals surface area (Å²) in [6.45, 7) is 3.75. The monoisotopic (exact) mass is 356 g/mol. The normalized spacial score (nSPS) is 10.8. The van der Waals surface area contributed by atoms with Gasteiger partial charge in [0.2, 0.25) is 5.78 Å². The Morgan fingerprint density at radius 2 is 1.83 bits per heavy atom. The number of nitriles is 1. The van der Waals surface area contributed by atoms with E-state index in [1.807, 2.05) is 26.0 Å². The van der Waals surface area contributed by atoms with Gasteiger partial charge in [0.15, 0.2) is 0 Å². The fourth-order valence-corrected chi connectivity index (χ4v) is 3.43. The molecule has 0 N–H and O–H groups in total. The van der Waals surface area contributed by atoms with Gasteiger partial charge in [-0.25, -0.2) is 0 Å². The van der Waals surface area contributed by atoms with Gasteiger partial charge in [-0.1, -0.05) is 29.3 Å². The molecule has 0 atom stereocenters. The Bertz CT molecular complexity index is 1040. The number of hydrogen-bond acceptors (Lipinski definition) is 2. The summed E-state index contributed by atoms with van der Waals surface area (Å²) in [5.41, 5.74) is 3.92. The molecule has 0 bridgehead atoms. The van der Waals surface area contributed by atoms with Crippen LogP contribution < -0.4 is 0 Å². The summed E-state index contributed by atoms with van der Waals surface area (Å²) in [5.74, 6) is -0.231. The summed E-state index contributed by atoms with van der Waals surface area (Å²) in [5, 5.41) is 10.8. The molecule has 0 radical (unpaired) electrons. The van der Waals surface area contributed by atoms with Crippen LogP contribution in [-0.2, 0) is 7.05 Å². The van der Waals surface area contributed by atoms with Crippen molar-refractivity contribution in [3.8, 4) is 6.07 Å². The van der Waals surface area contributed by atoms with Gasteiger partial charge in [-0.2, -0.15) is 5.26 Å².